The number of para-hydroxylation sites is 1. The molecule has 5 nitrogen and oxygen atoms in total. The lowest BCUT2D eigenvalue weighted by molar-refractivity contribution is -0.144. The number of nitrogens with one attached hydrogen (secondary N) is 1. The van der Waals surface area contributed by atoms with Crippen LogP contribution in [-0.4, -0.2) is 23.1 Å². The van der Waals surface area contributed by atoms with Crippen molar-refractivity contribution in [3.8, 4) is 5.75 Å². The molecule has 2 unspecified atom stereocenters. The van der Waals surface area contributed by atoms with Crippen molar-refractivity contribution in [2.24, 2.45) is 11.8 Å². The summed E-state index contributed by atoms with van der Waals surface area (Å²) in [5, 5.41) is 12.1. The van der Waals surface area contributed by atoms with Crippen molar-refractivity contribution in [3.05, 3.63) is 29.8 Å². The Labute approximate surface area is 142 Å². The Morgan fingerprint density at radius 2 is 1.79 bits per heavy atom. The second-order valence-corrected chi connectivity index (χ2v) is 6.89. The summed E-state index contributed by atoms with van der Waals surface area (Å²) < 4.78 is 5.98. The van der Waals surface area contributed by atoms with E-state index in [2.05, 4.69) is 5.32 Å². The van der Waals surface area contributed by atoms with Crippen molar-refractivity contribution in [3.63, 3.8) is 0 Å². The van der Waals surface area contributed by atoms with E-state index in [0.29, 0.717) is 25.5 Å². The van der Waals surface area contributed by atoms with E-state index in [1.165, 1.54) is 6.42 Å². The van der Waals surface area contributed by atoms with Crippen molar-refractivity contribution in [1.82, 2.24) is 5.32 Å². The molecule has 1 amide bonds. The van der Waals surface area contributed by atoms with E-state index in [0.717, 1.165) is 37.0 Å². The third kappa shape index (κ3) is 4.08. The molecule has 2 aliphatic rings. The molecule has 2 aliphatic carbocycles. The Balaban J connectivity index is 1.55. The molecule has 2 atom stereocenters. The number of amides is 1. The summed E-state index contributed by atoms with van der Waals surface area (Å²) in [5.74, 6) is -0.566. The van der Waals surface area contributed by atoms with Gasteiger partial charge in [-0.2, -0.15) is 0 Å². The topological polar surface area (TPSA) is 75.6 Å². The first kappa shape index (κ1) is 16.8. The van der Waals surface area contributed by atoms with Crippen LogP contribution in [0.5, 0.6) is 5.75 Å². The first-order valence-corrected chi connectivity index (χ1v) is 8.88. The van der Waals surface area contributed by atoms with Crippen LogP contribution in [0.2, 0.25) is 0 Å². The minimum absolute atomic E-state index is 0.0422. The average molecular weight is 331 g/mol. The molecule has 2 N–H and O–H groups in total. The van der Waals surface area contributed by atoms with Crippen LogP contribution in [0.1, 0.15) is 50.5 Å². The molecule has 3 rings (SSSR count). The highest BCUT2D eigenvalue weighted by atomic mass is 16.5. The maximum atomic E-state index is 12.4. The first-order valence-electron chi connectivity index (χ1n) is 8.88. The molecule has 0 spiro atoms. The molecule has 2 saturated carbocycles. The molecular formula is C19H25NO4. The standard InChI is InChI=1S/C19H25NO4/c21-18(13-6-3-7-14(11-13)19(22)23)20-12-15-5-1-2-10-17(15)24-16-8-4-9-16/h1-2,5,10,13-14,16H,3-4,6-9,11-12H2,(H,20,21)(H,22,23). The molecule has 24 heavy (non-hydrogen) atoms. The number of hydrogen-bond acceptors (Lipinski definition) is 3. The van der Waals surface area contributed by atoms with E-state index in [1.54, 1.807) is 0 Å². The number of carboxylic acids is 1. The van der Waals surface area contributed by atoms with Gasteiger partial charge in [0.2, 0.25) is 5.91 Å². The van der Waals surface area contributed by atoms with Crippen molar-refractivity contribution in [2.75, 3.05) is 0 Å². The predicted octanol–water partition coefficient (Wildman–Crippen LogP) is 3.13. The molecule has 1 aromatic carbocycles. The van der Waals surface area contributed by atoms with Crippen molar-refractivity contribution in [2.45, 2.75) is 57.6 Å². The van der Waals surface area contributed by atoms with Crippen LogP contribution >= 0.6 is 0 Å². The van der Waals surface area contributed by atoms with E-state index in [9.17, 15) is 9.59 Å². The lowest BCUT2D eigenvalue weighted by atomic mass is 9.81. The van der Waals surface area contributed by atoms with Gasteiger partial charge in [-0.15, -0.1) is 0 Å². The van der Waals surface area contributed by atoms with Gasteiger partial charge in [0.1, 0.15) is 5.75 Å². The van der Waals surface area contributed by atoms with Gasteiger partial charge < -0.3 is 15.2 Å². The van der Waals surface area contributed by atoms with Gasteiger partial charge in [0.15, 0.2) is 0 Å². The molecule has 0 bridgehead atoms. The van der Waals surface area contributed by atoms with Crippen molar-refractivity contribution < 1.29 is 19.4 Å². The quantitative estimate of drug-likeness (QED) is 0.840. The Bertz CT molecular complexity index is 597. The van der Waals surface area contributed by atoms with E-state index in [-0.39, 0.29) is 17.7 Å². The summed E-state index contributed by atoms with van der Waals surface area (Å²) in [5.41, 5.74) is 0.975. The second-order valence-electron chi connectivity index (χ2n) is 6.89. The average Bonchev–Trinajstić information content (AvgIpc) is 2.57. The van der Waals surface area contributed by atoms with Gasteiger partial charge in [0, 0.05) is 18.0 Å². The first-order chi connectivity index (χ1) is 11.6. The highest BCUT2D eigenvalue weighted by Crippen LogP contribution is 2.30. The van der Waals surface area contributed by atoms with Crippen LogP contribution < -0.4 is 10.1 Å². The zero-order valence-electron chi connectivity index (χ0n) is 13.9. The zero-order valence-corrected chi connectivity index (χ0v) is 13.9. The number of aliphatic carboxylic acids is 1. The molecule has 5 heteroatoms. The largest absolute Gasteiger partial charge is 0.490 e. The van der Waals surface area contributed by atoms with Crippen LogP contribution in [0.3, 0.4) is 0 Å². The van der Waals surface area contributed by atoms with Gasteiger partial charge in [-0.05, 0) is 44.6 Å². The van der Waals surface area contributed by atoms with Crippen LogP contribution in [0, 0.1) is 11.8 Å². The fourth-order valence-corrected chi connectivity index (χ4v) is 3.41. The Kier molecular flexibility index (Phi) is 5.38. The fourth-order valence-electron chi connectivity index (χ4n) is 3.41. The molecule has 1 aromatic rings. The maximum Gasteiger partial charge on any atom is 0.306 e. The number of carboxylic acid groups (broad SMARTS) is 1. The minimum atomic E-state index is -0.785. The normalized spacial score (nSPS) is 24.0. The number of ether oxygens (including phenoxy) is 1. The molecule has 0 radical (unpaired) electrons. The van der Waals surface area contributed by atoms with E-state index in [1.807, 2.05) is 24.3 Å². The minimum Gasteiger partial charge on any atom is -0.490 e. The maximum absolute atomic E-state index is 12.4. The number of carbonyl (C=O) groups excluding carboxylic acids is 1. The number of rotatable bonds is 6. The van der Waals surface area contributed by atoms with E-state index in [4.69, 9.17) is 9.84 Å². The lowest BCUT2D eigenvalue weighted by Gasteiger charge is -2.28. The number of carbonyl (C=O) groups is 2. The molecule has 2 fully saturated rings. The van der Waals surface area contributed by atoms with Crippen LogP contribution in [0.15, 0.2) is 24.3 Å². The zero-order chi connectivity index (χ0) is 16.9. The molecule has 130 valence electrons. The monoisotopic (exact) mass is 331 g/mol. The van der Waals surface area contributed by atoms with Gasteiger partial charge in [0.05, 0.1) is 12.0 Å². The predicted molar refractivity (Wildman–Crippen MR) is 89.6 cm³/mol. The highest BCUT2D eigenvalue weighted by Gasteiger charge is 2.31. The van der Waals surface area contributed by atoms with Crippen LogP contribution in [0.4, 0.5) is 0 Å². The number of benzene rings is 1. The second kappa shape index (κ2) is 7.69. The van der Waals surface area contributed by atoms with Crippen LogP contribution in [0.25, 0.3) is 0 Å². The summed E-state index contributed by atoms with van der Waals surface area (Å²) in [4.78, 5) is 23.5. The SMILES string of the molecule is O=C(O)C1CCCC(C(=O)NCc2ccccc2OC2CCC2)C1. The summed E-state index contributed by atoms with van der Waals surface area (Å²) in [6.07, 6.45) is 6.41. The van der Waals surface area contributed by atoms with Gasteiger partial charge >= 0.3 is 5.97 Å². The number of hydrogen-bond donors (Lipinski definition) is 2. The Morgan fingerprint density at radius 3 is 2.50 bits per heavy atom. The van der Waals surface area contributed by atoms with Gasteiger partial charge in [-0.1, -0.05) is 24.6 Å². The van der Waals surface area contributed by atoms with E-state index < -0.39 is 5.97 Å². The smallest absolute Gasteiger partial charge is 0.306 e. The molecule has 0 heterocycles. The van der Waals surface area contributed by atoms with E-state index >= 15 is 0 Å². The third-order valence-corrected chi connectivity index (χ3v) is 5.17. The lowest BCUT2D eigenvalue weighted by Crippen LogP contribution is -2.35. The highest BCUT2D eigenvalue weighted by molar-refractivity contribution is 5.80. The van der Waals surface area contributed by atoms with Gasteiger partial charge in [0.25, 0.3) is 0 Å². The summed E-state index contributed by atoms with van der Waals surface area (Å²) in [7, 11) is 0. The van der Waals surface area contributed by atoms with Crippen molar-refractivity contribution in [1.29, 1.82) is 0 Å². The molecule has 0 saturated heterocycles. The molecular weight excluding hydrogens is 306 g/mol. The summed E-state index contributed by atoms with van der Waals surface area (Å²) in [6.45, 7) is 0.427. The van der Waals surface area contributed by atoms with Gasteiger partial charge in [-0.25, -0.2) is 0 Å². The third-order valence-electron chi connectivity index (χ3n) is 5.17. The molecule has 0 aliphatic heterocycles. The van der Waals surface area contributed by atoms with Gasteiger partial charge in [-0.3, -0.25) is 9.59 Å². The summed E-state index contributed by atoms with van der Waals surface area (Å²) >= 11 is 0. The Morgan fingerprint density at radius 1 is 1.08 bits per heavy atom. The van der Waals surface area contributed by atoms with Crippen LogP contribution in [-0.2, 0) is 16.1 Å². The molecule has 0 aromatic heterocycles. The van der Waals surface area contributed by atoms with Crippen molar-refractivity contribution >= 4 is 11.9 Å². The fraction of sp³-hybridized carbons (Fsp3) is 0.579. The summed E-state index contributed by atoms with van der Waals surface area (Å²) in [6, 6.07) is 7.80. The Hall–Kier alpha value is -2.04.